The number of benzene rings is 3. The van der Waals surface area contributed by atoms with Crippen molar-refractivity contribution in [3.63, 3.8) is 0 Å². The Bertz CT molecular complexity index is 884. The van der Waals surface area contributed by atoms with Crippen LogP contribution < -0.4 is 0 Å². The molecule has 4 rings (SSSR count). The van der Waals surface area contributed by atoms with Crippen molar-refractivity contribution in [2.75, 3.05) is 0 Å². The number of rotatable bonds is 0. The van der Waals surface area contributed by atoms with E-state index in [0.717, 1.165) is 11.2 Å². The van der Waals surface area contributed by atoms with Crippen molar-refractivity contribution in [3.05, 3.63) is 60.2 Å². The minimum Gasteiger partial charge on any atom is -0.456 e. The molecule has 0 saturated carbocycles. The van der Waals surface area contributed by atoms with Crippen LogP contribution in [0.3, 0.4) is 0 Å². The van der Waals surface area contributed by atoms with Gasteiger partial charge in [0.25, 0.3) is 0 Å². The molecule has 86 valence electrons. The molecule has 0 saturated heterocycles. The van der Waals surface area contributed by atoms with Crippen LogP contribution in [-0.2, 0) is 0 Å². The molecule has 0 radical (unpaired) electrons. The van der Waals surface area contributed by atoms with Gasteiger partial charge in [0, 0.05) is 10.8 Å². The van der Waals surface area contributed by atoms with E-state index in [1.165, 1.54) is 27.1 Å². The maximum absolute atomic E-state index is 5.94. The highest BCUT2D eigenvalue weighted by atomic mass is 16.3. The van der Waals surface area contributed by atoms with Crippen LogP contribution in [0.25, 0.3) is 32.7 Å². The van der Waals surface area contributed by atoms with Gasteiger partial charge >= 0.3 is 0 Å². The number of fused-ring (bicyclic) bond motifs is 4. The van der Waals surface area contributed by atoms with Crippen molar-refractivity contribution in [1.82, 2.24) is 0 Å². The Morgan fingerprint density at radius 1 is 0.722 bits per heavy atom. The van der Waals surface area contributed by atoms with E-state index in [0.29, 0.717) is 0 Å². The summed E-state index contributed by atoms with van der Waals surface area (Å²) in [5.41, 5.74) is 3.17. The smallest absolute Gasteiger partial charge is 0.136 e. The SMILES string of the molecule is Cc1ccc2c(c1)oc1cc3ccccc3cc12. The van der Waals surface area contributed by atoms with E-state index in [1.54, 1.807) is 0 Å². The summed E-state index contributed by atoms with van der Waals surface area (Å²) in [5.74, 6) is 0. The van der Waals surface area contributed by atoms with Crippen molar-refractivity contribution in [2.45, 2.75) is 6.92 Å². The van der Waals surface area contributed by atoms with E-state index < -0.39 is 0 Å². The fourth-order valence-corrected chi connectivity index (χ4v) is 2.57. The van der Waals surface area contributed by atoms with Crippen LogP contribution in [0.2, 0.25) is 0 Å². The van der Waals surface area contributed by atoms with Crippen molar-refractivity contribution in [2.24, 2.45) is 0 Å². The lowest BCUT2D eigenvalue weighted by Gasteiger charge is -1.96. The molecule has 0 N–H and O–H groups in total. The predicted octanol–water partition coefficient (Wildman–Crippen LogP) is 5.05. The monoisotopic (exact) mass is 232 g/mol. The minimum absolute atomic E-state index is 0.967. The Hall–Kier alpha value is -2.28. The van der Waals surface area contributed by atoms with E-state index in [2.05, 4.69) is 61.5 Å². The van der Waals surface area contributed by atoms with Gasteiger partial charge in [-0.3, -0.25) is 0 Å². The molecule has 3 aromatic carbocycles. The molecule has 0 aliphatic rings. The second-order valence-electron chi connectivity index (χ2n) is 4.80. The first-order valence-electron chi connectivity index (χ1n) is 6.13. The lowest BCUT2D eigenvalue weighted by atomic mass is 10.1. The van der Waals surface area contributed by atoms with Crippen molar-refractivity contribution in [1.29, 1.82) is 0 Å². The standard InChI is InChI=1S/C17H12O/c1-11-6-7-14-15-9-12-4-2-3-5-13(12)10-17(15)18-16(14)8-11/h2-10H,1H3. The molecule has 1 nitrogen and oxygen atoms in total. The molecule has 1 heteroatoms. The van der Waals surface area contributed by atoms with Crippen LogP contribution in [-0.4, -0.2) is 0 Å². The topological polar surface area (TPSA) is 13.1 Å². The number of aryl methyl sites for hydroxylation is 1. The molecular weight excluding hydrogens is 220 g/mol. The normalized spacial score (nSPS) is 11.6. The maximum Gasteiger partial charge on any atom is 0.136 e. The fraction of sp³-hybridized carbons (Fsp3) is 0.0588. The molecule has 0 spiro atoms. The Labute approximate surface area is 105 Å². The highest BCUT2D eigenvalue weighted by molar-refractivity contribution is 6.10. The van der Waals surface area contributed by atoms with Crippen LogP contribution in [0.5, 0.6) is 0 Å². The second kappa shape index (κ2) is 3.36. The Morgan fingerprint density at radius 2 is 1.44 bits per heavy atom. The molecule has 1 heterocycles. The quantitative estimate of drug-likeness (QED) is 0.413. The predicted molar refractivity (Wildman–Crippen MR) is 76.0 cm³/mol. The molecule has 1 aromatic heterocycles. The van der Waals surface area contributed by atoms with Crippen molar-refractivity contribution < 1.29 is 4.42 Å². The lowest BCUT2D eigenvalue weighted by Crippen LogP contribution is -1.72. The van der Waals surface area contributed by atoms with Crippen LogP contribution in [0.1, 0.15) is 5.56 Å². The zero-order valence-corrected chi connectivity index (χ0v) is 10.1. The van der Waals surface area contributed by atoms with Gasteiger partial charge in [0.2, 0.25) is 0 Å². The Balaban J connectivity index is 2.23. The van der Waals surface area contributed by atoms with Crippen LogP contribution in [0.15, 0.2) is 59.0 Å². The van der Waals surface area contributed by atoms with Crippen LogP contribution >= 0.6 is 0 Å². The summed E-state index contributed by atoms with van der Waals surface area (Å²) in [5, 5.41) is 4.87. The Morgan fingerprint density at radius 3 is 2.28 bits per heavy atom. The highest BCUT2D eigenvalue weighted by Gasteiger charge is 2.07. The second-order valence-corrected chi connectivity index (χ2v) is 4.80. The number of hydrogen-bond acceptors (Lipinski definition) is 1. The van der Waals surface area contributed by atoms with Crippen molar-refractivity contribution >= 4 is 32.7 Å². The van der Waals surface area contributed by atoms with Gasteiger partial charge in [-0.25, -0.2) is 0 Å². The molecule has 4 aromatic rings. The van der Waals surface area contributed by atoms with Crippen molar-refractivity contribution in [3.8, 4) is 0 Å². The van der Waals surface area contributed by atoms with E-state index >= 15 is 0 Å². The molecule has 0 atom stereocenters. The van der Waals surface area contributed by atoms with E-state index in [-0.39, 0.29) is 0 Å². The average molecular weight is 232 g/mol. The first-order valence-corrected chi connectivity index (χ1v) is 6.13. The molecule has 0 unspecified atom stereocenters. The molecular formula is C17H12O. The van der Waals surface area contributed by atoms with Gasteiger partial charge in [0.1, 0.15) is 11.2 Å². The zero-order chi connectivity index (χ0) is 12.1. The third kappa shape index (κ3) is 1.28. The van der Waals surface area contributed by atoms with Gasteiger partial charge in [-0.2, -0.15) is 0 Å². The summed E-state index contributed by atoms with van der Waals surface area (Å²) < 4.78 is 5.94. The number of furan rings is 1. The molecule has 0 aliphatic carbocycles. The summed E-state index contributed by atoms with van der Waals surface area (Å²) in [6, 6.07) is 19.1. The first kappa shape index (κ1) is 9.72. The minimum atomic E-state index is 0.967. The van der Waals surface area contributed by atoms with Gasteiger partial charge < -0.3 is 4.42 Å². The third-order valence-electron chi connectivity index (χ3n) is 3.50. The highest BCUT2D eigenvalue weighted by Crippen LogP contribution is 2.32. The molecule has 0 fully saturated rings. The van der Waals surface area contributed by atoms with E-state index in [4.69, 9.17) is 4.42 Å². The van der Waals surface area contributed by atoms with Gasteiger partial charge in [-0.05, 0) is 41.5 Å². The molecule has 0 aliphatic heterocycles. The Kier molecular flexibility index (Phi) is 1.81. The first-order chi connectivity index (χ1) is 8.81. The van der Waals surface area contributed by atoms with Crippen LogP contribution in [0.4, 0.5) is 0 Å². The average Bonchev–Trinajstić information content (AvgIpc) is 2.72. The summed E-state index contributed by atoms with van der Waals surface area (Å²) in [7, 11) is 0. The summed E-state index contributed by atoms with van der Waals surface area (Å²) in [6.07, 6.45) is 0. The summed E-state index contributed by atoms with van der Waals surface area (Å²) in [4.78, 5) is 0. The van der Waals surface area contributed by atoms with Gasteiger partial charge in [-0.15, -0.1) is 0 Å². The van der Waals surface area contributed by atoms with Gasteiger partial charge in [0.15, 0.2) is 0 Å². The maximum atomic E-state index is 5.94. The van der Waals surface area contributed by atoms with Gasteiger partial charge in [0.05, 0.1) is 0 Å². The molecule has 0 amide bonds. The lowest BCUT2D eigenvalue weighted by molar-refractivity contribution is 0.669. The number of hydrogen-bond donors (Lipinski definition) is 0. The summed E-state index contributed by atoms with van der Waals surface area (Å²) >= 11 is 0. The van der Waals surface area contributed by atoms with Crippen LogP contribution in [0, 0.1) is 6.92 Å². The van der Waals surface area contributed by atoms with E-state index in [1.807, 2.05) is 0 Å². The fourth-order valence-electron chi connectivity index (χ4n) is 2.57. The zero-order valence-electron chi connectivity index (χ0n) is 10.1. The van der Waals surface area contributed by atoms with Gasteiger partial charge in [-0.1, -0.05) is 36.4 Å². The largest absolute Gasteiger partial charge is 0.456 e. The molecule has 18 heavy (non-hydrogen) atoms. The van der Waals surface area contributed by atoms with E-state index in [9.17, 15) is 0 Å². The third-order valence-corrected chi connectivity index (χ3v) is 3.50. The molecule has 0 bridgehead atoms. The summed E-state index contributed by atoms with van der Waals surface area (Å²) in [6.45, 7) is 2.09.